The predicted octanol–water partition coefficient (Wildman–Crippen LogP) is 2.09. The number of nitrogens with zero attached hydrogens (tertiary/aromatic N) is 1. The lowest BCUT2D eigenvalue weighted by atomic mass is 10.0. The molecule has 11 heteroatoms. The normalized spacial score (nSPS) is 17.0. The van der Waals surface area contributed by atoms with Crippen LogP contribution in [-0.2, 0) is 19.1 Å². The number of carboxylic acid groups (broad SMARTS) is 1. The number of nitrogens with one attached hydrogen (secondary N) is 3. The number of fused-ring (bicyclic) bond motifs is 1. The van der Waals surface area contributed by atoms with Crippen LogP contribution in [0.15, 0.2) is 18.2 Å². The van der Waals surface area contributed by atoms with Crippen LogP contribution in [-0.4, -0.2) is 71.0 Å². The largest absolute Gasteiger partial charge is 0.480 e. The summed E-state index contributed by atoms with van der Waals surface area (Å²) in [7, 11) is 0. The van der Waals surface area contributed by atoms with Crippen molar-refractivity contribution in [1.29, 1.82) is 0 Å². The van der Waals surface area contributed by atoms with Crippen molar-refractivity contribution >= 4 is 41.0 Å². The van der Waals surface area contributed by atoms with Gasteiger partial charge in [0.2, 0.25) is 5.91 Å². The lowest BCUT2D eigenvalue weighted by molar-refractivity contribution is -0.140. The van der Waals surface area contributed by atoms with Crippen LogP contribution >= 0.6 is 0 Å². The standard InChI is InChI=1S/C25H27FN4O6/c1-13-20(12-17-16-11-15(26)3-4-18(16)28-23(17)32)27-14(2)22(13)24(33)29-19(25(34)35)5-6-21(31)30-7-9-36-10-8-30/h3-4,11-12,19,27H,5-10H2,1-2H3,(H,28,32)(H,29,33)(H,34,35)/t19-/m0/s1. The Bertz CT molecular complexity index is 1260. The predicted molar refractivity (Wildman–Crippen MR) is 129 cm³/mol. The zero-order chi connectivity index (χ0) is 26.0. The van der Waals surface area contributed by atoms with E-state index in [2.05, 4.69) is 15.6 Å². The number of hydrogen-bond acceptors (Lipinski definition) is 5. The zero-order valence-corrected chi connectivity index (χ0v) is 19.9. The molecule has 10 nitrogen and oxygen atoms in total. The number of aryl methyl sites for hydroxylation is 1. The molecule has 2 aliphatic heterocycles. The number of halogens is 1. The fourth-order valence-corrected chi connectivity index (χ4v) is 4.43. The van der Waals surface area contributed by atoms with Gasteiger partial charge >= 0.3 is 5.97 Å². The molecule has 2 aromatic rings. The minimum atomic E-state index is -1.26. The van der Waals surface area contributed by atoms with Crippen molar-refractivity contribution in [3.63, 3.8) is 0 Å². The third-order valence-corrected chi connectivity index (χ3v) is 6.37. The zero-order valence-electron chi connectivity index (χ0n) is 19.9. The number of aliphatic carboxylic acids is 1. The summed E-state index contributed by atoms with van der Waals surface area (Å²) in [5, 5.41) is 14.8. The molecular weight excluding hydrogens is 471 g/mol. The summed E-state index contributed by atoms with van der Waals surface area (Å²) in [5.74, 6) is -2.92. The van der Waals surface area contributed by atoms with E-state index in [-0.39, 0.29) is 29.9 Å². The first-order valence-electron chi connectivity index (χ1n) is 11.6. The second-order valence-electron chi connectivity index (χ2n) is 8.76. The molecule has 0 aliphatic carbocycles. The maximum atomic E-state index is 13.8. The molecule has 1 aromatic carbocycles. The number of carbonyl (C=O) groups is 4. The van der Waals surface area contributed by atoms with Crippen LogP contribution in [0, 0.1) is 19.7 Å². The van der Waals surface area contributed by atoms with Crippen molar-refractivity contribution in [2.75, 3.05) is 31.6 Å². The molecule has 3 amide bonds. The molecule has 2 aliphatic rings. The Labute approximate surface area is 206 Å². The molecule has 0 spiro atoms. The van der Waals surface area contributed by atoms with Gasteiger partial charge in [-0.2, -0.15) is 0 Å². The van der Waals surface area contributed by atoms with Crippen LogP contribution < -0.4 is 10.6 Å². The number of carboxylic acids is 1. The van der Waals surface area contributed by atoms with Gasteiger partial charge in [0.15, 0.2) is 0 Å². The molecule has 1 aromatic heterocycles. The summed E-state index contributed by atoms with van der Waals surface area (Å²) in [6.07, 6.45) is 1.46. The first-order chi connectivity index (χ1) is 17.2. The number of H-pyrrole nitrogens is 1. The van der Waals surface area contributed by atoms with E-state index in [1.54, 1.807) is 18.7 Å². The van der Waals surface area contributed by atoms with Crippen LogP contribution in [0.3, 0.4) is 0 Å². The molecule has 4 N–H and O–H groups in total. The SMILES string of the molecule is Cc1[nH]c(C=C2C(=O)Nc3ccc(F)cc32)c(C)c1C(=O)N[C@@H](CCC(=O)N1CCOCC1)C(=O)O. The molecule has 1 saturated heterocycles. The van der Waals surface area contributed by atoms with Gasteiger partial charge in [0.05, 0.1) is 24.4 Å². The average Bonchev–Trinajstić information content (AvgIpc) is 3.31. The number of ether oxygens (including phenoxy) is 1. The number of aromatic amines is 1. The highest BCUT2D eigenvalue weighted by molar-refractivity contribution is 6.34. The Morgan fingerprint density at radius 3 is 2.67 bits per heavy atom. The van der Waals surface area contributed by atoms with Gasteiger partial charge in [-0.3, -0.25) is 14.4 Å². The number of amides is 3. The first-order valence-corrected chi connectivity index (χ1v) is 11.6. The van der Waals surface area contributed by atoms with E-state index in [9.17, 15) is 28.7 Å². The Morgan fingerprint density at radius 1 is 1.25 bits per heavy atom. The summed E-state index contributed by atoms with van der Waals surface area (Å²) >= 11 is 0. The number of morpholine rings is 1. The van der Waals surface area contributed by atoms with E-state index in [4.69, 9.17) is 4.74 Å². The van der Waals surface area contributed by atoms with Gasteiger partial charge in [0.1, 0.15) is 11.9 Å². The Hall–Kier alpha value is -3.99. The van der Waals surface area contributed by atoms with Crippen molar-refractivity contribution in [2.45, 2.75) is 32.7 Å². The van der Waals surface area contributed by atoms with Crippen molar-refractivity contribution in [2.24, 2.45) is 0 Å². The van der Waals surface area contributed by atoms with Gasteiger partial charge in [-0.1, -0.05) is 0 Å². The summed E-state index contributed by atoms with van der Waals surface area (Å²) in [6.45, 7) is 5.12. The monoisotopic (exact) mass is 498 g/mol. The maximum absolute atomic E-state index is 13.8. The Morgan fingerprint density at radius 2 is 1.97 bits per heavy atom. The van der Waals surface area contributed by atoms with Gasteiger partial charge in [0, 0.05) is 42.1 Å². The summed E-state index contributed by atoms with van der Waals surface area (Å²) in [5.41, 5.74) is 2.83. The van der Waals surface area contributed by atoms with Crippen molar-refractivity contribution in [1.82, 2.24) is 15.2 Å². The van der Waals surface area contributed by atoms with Crippen molar-refractivity contribution < 1.29 is 33.4 Å². The highest BCUT2D eigenvalue weighted by Crippen LogP contribution is 2.34. The molecule has 1 atom stereocenters. The molecule has 0 radical (unpaired) electrons. The maximum Gasteiger partial charge on any atom is 0.326 e. The van der Waals surface area contributed by atoms with E-state index in [0.29, 0.717) is 54.5 Å². The molecule has 0 bridgehead atoms. The molecule has 1 fully saturated rings. The Kier molecular flexibility index (Phi) is 7.20. The third-order valence-electron chi connectivity index (χ3n) is 6.37. The van der Waals surface area contributed by atoms with Gasteiger partial charge < -0.3 is 30.4 Å². The van der Waals surface area contributed by atoms with Gasteiger partial charge in [-0.15, -0.1) is 0 Å². The van der Waals surface area contributed by atoms with Gasteiger partial charge in [0.25, 0.3) is 11.8 Å². The molecular formula is C25H27FN4O6. The topological polar surface area (TPSA) is 141 Å². The number of rotatable bonds is 7. The van der Waals surface area contributed by atoms with Gasteiger partial charge in [-0.05, 0) is 50.1 Å². The molecule has 3 heterocycles. The third kappa shape index (κ3) is 5.15. The lowest BCUT2D eigenvalue weighted by Crippen LogP contribution is -2.44. The van der Waals surface area contributed by atoms with Gasteiger partial charge in [-0.25, -0.2) is 9.18 Å². The van der Waals surface area contributed by atoms with E-state index < -0.39 is 29.6 Å². The van der Waals surface area contributed by atoms with E-state index >= 15 is 0 Å². The second kappa shape index (κ2) is 10.3. The summed E-state index contributed by atoms with van der Waals surface area (Å²) < 4.78 is 19.0. The first kappa shape index (κ1) is 25.1. The van der Waals surface area contributed by atoms with Crippen LogP contribution in [0.1, 0.15) is 45.7 Å². The van der Waals surface area contributed by atoms with Crippen molar-refractivity contribution in [3.05, 3.63) is 52.1 Å². The highest BCUT2D eigenvalue weighted by Gasteiger charge is 2.28. The van der Waals surface area contributed by atoms with E-state index in [0.717, 1.165) is 0 Å². The molecule has 190 valence electrons. The summed E-state index contributed by atoms with van der Waals surface area (Å²) in [6, 6.07) is 2.73. The van der Waals surface area contributed by atoms with Crippen LogP contribution in [0.2, 0.25) is 0 Å². The lowest BCUT2D eigenvalue weighted by Gasteiger charge is -2.27. The minimum Gasteiger partial charge on any atom is -0.480 e. The number of hydrogen-bond donors (Lipinski definition) is 4. The minimum absolute atomic E-state index is 0.0230. The average molecular weight is 499 g/mol. The van der Waals surface area contributed by atoms with Crippen LogP contribution in [0.4, 0.5) is 10.1 Å². The van der Waals surface area contributed by atoms with Crippen molar-refractivity contribution in [3.8, 4) is 0 Å². The molecule has 4 rings (SSSR count). The van der Waals surface area contributed by atoms with E-state index in [1.165, 1.54) is 24.3 Å². The fraction of sp³-hybridized carbons (Fsp3) is 0.360. The fourth-order valence-electron chi connectivity index (χ4n) is 4.43. The smallest absolute Gasteiger partial charge is 0.326 e. The van der Waals surface area contributed by atoms with Crippen LogP contribution in [0.5, 0.6) is 0 Å². The molecule has 0 saturated carbocycles. The Balaban J connectivity index is 1.50. The van der Waals surface area contributed by atoms with Crippen LogP contribution in [0.25, 0.3) is 11.6 Å². The quantitative estimate of drug-likeness (QED) is 0.431. The molecule has 36 heavy (non-hydrogen) atoms. The summed E-state index contributed by atoms with van der Waals surface area (Å²) in [4.78, 5) is 54.3. The molecule has 0 unspecified atom stereocenters. The van der Waals surface area contributed by atoms with E-state index in [1.807, 2.05) is 0 Å². The number of benzene rings is 1. The number of aromatic nitrogens is 1. The second-order valence-corrected chi connectivity index (χ2v) is 8.76. The number of anilines is 1. The highest BCUT2D eigenvalue weighted by atomic mass is 19.1. The number of carbonyl (C=O) groups excluding carboxylic acids is 3.